The minimum absolute atomic E-state index is 0.233. The van der Waals surface area contributed by atoms with Gasteiger partial charge in [0.05, 0.1) is 11.4 Å². The van der Waals surface area contributed by atoms with E-state index in [4.69, 9.17) is 17.3 Å². The Morgan fingerprint density at radius 2 is 1.76 bits per heavy atom. The first-order valence-electron chi connectivity index (χ1n) is 10.1. The van der Waals surface area contributed by atoms with Crippen LogP contribution in [0.2, 0.25) is 0 Å². The summed E-state index contributed by atoms with van der Waals surface area (Å²) in [5.41, 5.74) is 3.34. The normalized spacial score (nSPS) is 15.3. The maximum absolute atomic E-state index is 14.3. The molecule has 0 bridgehead atoms. The molecule has 5 nitrogen and oxygen atoms in total. The van der Waals surface area contributed by atoms with Crippen molar-refractivity contribution in [3.63, 3.8) is 0 Å². The van der Waals surface area contributed by atoms with Crippen LogP contribution in [0.4, 0.5) is 4.39 Å². The lowest BCUT2D eigenvalue weighted by molar-refractivity contribution is -0.140. The minimum atomic E-state index is -1.11. The van der Waals surface area contributed by atoms with Crippen LogP contribution in [0.5, 0.6) is 0 Å². The number of carbonyl (C=O) groups is 2. The molecule has 1 amide bonds. The summed E-state index contributed by atoms with van der Waals surface area (Å²) < 4.78 is 16.7. The maximum atomic E-state index is 14.3. The molecule has 1 aliphatic heterocycles. The molecule has 0 aliphatic carbocycles. The Morgan fingerprint density at radius 1 is 1.03 bits per heavy atom. The first kappa shape index (κ1) is 21.4. The number of carboxylic acids is 1. The number of benzene rings is 3. The van der Waals surface area contributed by atoms with E-state index < -0.39 is 18.4 Å². The van der Waals surface area contributed by atoms with Gasteiger partial charge in [0.25, 0.3) is 5.91 Å². The molecule has 0 unspecified atom stereocenters. The van der Waals surface area contributed by atoms with Crippen molar-refractivity contribution in [2.45, 2.75) is 6.54 Å². The third kappa shape index (κ3) is 3.92. The largest absolute Gasteiger partial charge is 0.480 e. The van der Waals surface area contributed by atoms with Gasteiger partial charge in [-0.3, -0.25) is 14.5 Å². The number of aliphatic carboxylic acids is 1. The molecule has 3 aromatic carbocycles. The molecule has 4 aromatic rings. The van der Waals surface area contributed by atoms with Gasteiger partial charge in [0.1, 0.15) is 16.7 Å². The Labute approximate surface area is 198 Å². The molecule has 1 fully saturated rings. The van der Waals surface area contributed by atoms with Gasteiger partial charge in [0.15, 0.2) is 0 Å². The summed E-state index contributed by atoms with van der Waals surface area (Å²) in [5.74, 6) is -1.77. The van der Waals surface area contributed by atoms with E-state index in [1.807, 2.05) is 48.5 Å². The summed E-state index contributed by atoms with van der Waals surface area (Å²) >= 11 is 6.27. The minimum Gasteiger partial charge on any atom is -0.480 e. The number of para-hydroxylation sites is 1. The molecule has 1 N–H and O–H groups in total. The molecule has 33 heavy (non-hydrogen) atoms. The number of carboxylic acid groups (broad SMARTS) is 1. The molecule has 0 atom stereocenters. The van der Waals surface area contributed by atoms with E-state index >= 15 is 0 Å². The molecule has 1 aromatic heterocycles. The van der Waals surface area contributed by atoms with Crippen molar-refractivity contribution in [2.75, 3.05) is 6.54 Å². The SMILES string of the molecule is O=C(O)CN1C(=O)/C(=C/c2ccc3c(c2)c2ccccc2n3Cc2ccccc2F)SC1=S. The average Bonchev–Trinajstić information content (AvgIpc) is 3.24. The smallest absolute Gasteiger partial charge is 0.323 e. The van der Waals surface area contributed by atoms with E-state index in [1.54, 1.807) is 18.2 Å². The zero-order chi connectivity index (χ0) is 23.1. The number of thioether (sulfide) groups is 1. The number of aromatic nitrogens is 1. The quantitative estimate of drug-likeness (QED) is 0.314. The van der Waals surface area contributed by atoms with Gasteiger partial charge in [0.2, 0.25) is 0 Å². The Balaban J connectivity index is 1.58. The second-order valence-corrected chi connectivity index (χ2v) is 9.31. The van der Waals surface area contributed by atoms with E-state index in [9.17, 15) is 14.0 Å². The number of hydrogen-bond acceptors (Lipinski definition) is 4. The highest BCUT2D eigenvalue weighted by molar-refractivity contribution is 8.26. The zero-order valence-corrected chi connectivity index (χ0v) is 18.8. The van der Waals surface area contributed by atoms with Gasteiger partial charge >= 0.3 is 5.97 Å². The molecule has 0 radical (unpaired) electrons. The van der Waals surface area contributed by atoms with Crippen molar-refractivity contribution in [3.05, 3.63) is 88.6 Å². The van der Waals surface area contributed by atoms with Crippen LogP contribution in [0.15, 0.2) is 71.6 Å². The Hall–Kier alpha value is -3.49. The number of amides is 1. The number of rotatable bonds is 5. The van der Waals surface area contributed by atoms with Crippen LogP contribution in [-0.4, -0.2) is 37.3 Å². The van der Waals surface area contributed by atoms with Gasteiger partial charge in [-0.1, -0.05) is 66.4 Å². The van der Waals surface area contributed by atoms with Crippen LogP contribution in [0.25, 0.3) is 27.9 Å². The van der Waals surface area contributed by atoms with Crippen molar-refractivity contribution < 1.29 is 19.1 Å². The van der Waals surface area contributed by atoms with Crippen molar-refractivity contribution in [1.82, 2.24) is 9.47 Å². The highest BCUT2D eigenvalue weighted by Crippen LogP contribution is 2.35. The molecule has 5 rings (SSSR count). The third-order valence-electron chi connectivity index (χ3n) is 5.55. The lowest BCUT2D eigenvalue weighted by atomic mass is 10.1. The number of halogens is 1. The van der Waals surface area contributed by atoms with Crippen LogP contribution in [-0.2, 0) is 16.1 Å². The predicted molar refractivity (Wildman–Crippen MR) is 132 cm³/mol. The van der Waals surface area contributed by atoms with E-state index in [-0.39, 0.29) is 10.1 Å². The Morgan fingerprint density at radius 3 is 2.55 bits per heavy atom. The van der Waals surface area contributed by atoms with E-state index in [0.717, 1.165) is 44.0 Å². The summed E-state index contributed by atoms with van der Waals surface area (Å²) in [5, 5.41) is 11.0. The van der Waals surface area contributed by atoms with Crippen LogP contribution in [0, 0.1) is 5.82 Å². The maximum Gasteiger partial charge on any atom is 0.323 e. The molecular weight excluding hydrogens is 459 g/mol. The first-order valence-corrected chi connectivity index (χ1v) is 11.4. The second-order valence-electron chi connectivity index (χ2n) is 7.63. The second kappa shape index (κ2) is 8.46. The molecule has 0 spiro atoms. The van der Waals surface area contributed by atoms with E-state index in [2.05, 4.69) is 4.57 Å². The molecule has 1 aliphatic rings. The first-order chi connectivity index (χ1) is 15.9. The molecule has 164 valence electrons. The summed E-state index contributed by atoms with van der Waals surface area (Å²) in [4.78, 5) is 25.1. The number of nitrogens with zero attached hydrogens (tertiary/aromatic N) is 2. The number of carbonyl (C=O) groups excluding carboxylic acids is 1. The van der Waals surface area contributed by atoms with Gasteiger partial charge < -0.3 is 9.67 Å². The van der Waals surface area contributed by atoms with Crippen molar-refractivity contribution >= 4 is 68.1 Å². The predicted octanol–water partition coefficient (Wildman–Crippen LogP) is 5.27. The van der Waals surface area contributed by atoms with Crippen LogP contribution in [0.1, 0.15) is 11.1 Å². The van der Waals surface area contributed by atoms with E-state index in [1.165, 1.54) is 6.07 Å². The number of thiocarbonyl (C=S) groups is 1. The lowest BCUT2D eigenvalue weighted by Gasteiger charge is -2.10. The molecule has 1 saturated heterocycles. The fourth-order valence-electron chi connectivity index (χ4n) is 4.05. The van der Waals surface area contributed by atoms with E-state index in [0.29, 0.717) is 17.0 Å². The highest BCUT2D eigenvalue weighted by atomic mass is 32.2. The average molecular weight is 477 g/mol. The van der Waals surface area contributed by atoms with Gasteiger partial charge in [-0.15, -0.1) is 0 Å². The topological polar surface area (TPSA) is 62.5 Å². The van der Waals surface area contributed by atoms with Crippen LogP contribution in [0.3, 0.4) is 0 Å². The zero-order valence-electron chi connectivity index (χ0n) is 17.2. The van der Waals surface area contributed by atoms with Gasteiger partial charge in [-0.2, -0.15) is 0 Å². The standard InChI is InChI=1S/C25H17FN2O3S2/c26-19-7-3-1-5-16(19)13-27-20-8-4-2-6-17(20)18-11-15(9-10-21(18)27)12-22-24(31)28(14-23(29)30)25(32)33-22/h1-12H,13-14H2,(H,29,30)/b22-12-. The van der Waals surface area contributed by atoms with Crippen LogP contribution < -0.4 is 0 Å². The summed E-state index contributed by atoms with van der Waals surface area (Å²) in [6, 6.07) is 20.5. The molecule has 8 heteroatoms. The summed E-state index contributed by atoms with van der Waals surface area (Å²) in [6.07, 6.45) is 1.73. The molecule has 0 saturated carbocycles. The summed E-state index contributed by atoms with van der Waals surface area (Å²) in [7, 11) is 0. The fraction of sp³-hybridized carbons (Fsp3) is 0.0800. The summed E-state index contributed by atoms with van der Waals surface area (Å²) in [6.45, 7) is -0.0611. The Bertz CT molecular complexity index is 1490. The van der Waals surface area contributed by atoms with Gasteiger partial charge in [-0.05, 0) is 35.9 Å². The van der Waals surface area contributed by atoms with Crippen LogP contribution >= 0.6 is 24.0 Å². The fourth-order valence-corrected chi connectivity index (χ4v) is 5.31. The van der Waals surface area contributed by atoms with Gasteiger partial charge in [-0.25, -0.2) is 4.39 Å². The highest BCUT2D eigenvalue weighted by Gasteiger charge is 2.33. The number of fused-ring (bicyclic) bond motifs is 3. The molecule has 2 heterocycles. The monoisotopic (exact) mass is 476 g/mol. The van der Waals surface area contributed by atoms with Crippen molar-refractivity contribution in [1.29, 1.82) is 0 Å². The third-order valence-corrected chi connectivity index (χ3v) is 6.93. The number of hydrogen-bond donors (Lipinski definition) is 1. The van der Waals surface area contributed by atoms with Crippen molar-refractivity contribution in [3.8, 4) is 0 Å². The Kier molecular flexibility index (Phi) is 5.47. The van der Waals surface area contributed by atoms with Gasteiger partial charge in [0, 0.05) is 27.4 Å². The lowest BCUT2D eigenvalue weighted by Crippen LogP contribution is -2.33. The van der Waals surface area contributed by atoms with Crippen molar-refractivity contribution in [2.24, 2.45) is 0 Å². The molecular formula is C25H17FN2O3S2.